The largest absolute Gasteiger partial charge is 0.510 e. The van der Waals surface area contributed by atoms with Crippen LogP contribution in [0.4, 0.5) is 5.69 Å². The molecule has 4 nitrogen and oxygen atoms in total. The first-order valence-electron chi connectivity index (χ1n) is 7.51. The monoisotopic (exact) mass is 288 g/mol. The van der Waals surface area contributed by atoms with Crippen molar-refractivity contribution in [2.24, 2.45) is 0 Å². The molecule has 114 valence electrons. The zero-order chi connectivity index (χ0) is 15.1. The standard InChI is InChI=1S/C17H24N2O2/c1-3-18(4-2)11-12-21-17-9-5-7-15(13-17)19-10-6-8-16(20)14-19/h5-10,13,20H,3-4,11-12,14H2,1-2H3. The van der Waals surface area contributed by atoms with Crippen LogP contribution in [0.15, 0.2) is 48.4 Å². The van der Waals surface area contributed by atoms with Gasteiger partial charge < -0.3 is 19.6 Å². The van der Waals surface area contributed by atoms with E-state index >= 15 is 0 Å². The Kier molecular flexibility index (Phi) is 5.69. The van der Waals surface area contributed by atoms with Crippen LogP contribution in [0.2, 0.25) is 0 Å². The second-order valence-electron chi connectivity index (χ2n) is 5.00. The van der Waals surface area contributed by atoms with E-state index in [4.69, 9.17) is 4.74 Å². The number of aliphatic hydroxyl groups is 1. The first kappa shape index (κ1) is 15.4. The summed E-state index contributed by atoms with van der Waals surface area (Å²) >= 11 is 0. The lowest BCUT2D eigenvalue weighted by molar-refractivity contribution is 0.223. The van der Waals surface area contributed by atoms with Gasteiger partial charge in [0.05, 0.1) is 6.54 Å². The Hall–Kier alpha value is -1.94. The van der Waals surface area contributed by atoms with Crippen LogP contribution >= 0.6 is 0 Å². The Morgan fingerprint density at radius 3 is 2.81 bits per heavy atom. The molecule has 1 aromatic rings. The smallest absolute Gasteiger partial charge is 0.121 e. The fourth-order valence-electron chi connectivity index (χ4n) is 2.30. The SMILES string of the molecule is CCN(CC)CCOc1cccc(N2C=CC=C(O)C2)c1. The van der Waals surface area contributed by atoms with Gasteiger partial charge in [-0.1, -0.05) is 19.9 Å². The van der Waals surface area contributed by atoms with E-state index in [2.05, 4.69) is 18.7 Å². The molecular formula is C17H24N2O2. The van der Waals surface area contributed by atoms with E-state index in [1.807, 2.05) is 41.4 Å². The van der Waals surface area contributed by atoms with E-state index in [0.29, 0.717) is 18.9 Å². The minimum atomic E-state index is 0.366. The fourth-order valence-corrected chi connectivity index (χ4v) is 2.30. The number of allylic oxidation sites excluding steroid dienone is 2. The number of likely N-dealkylation sites (N-methyl/N-ethyl adjacent to an activating group) is 1. The van der Waals surface area contributed by atoms with Gasteiger partial charge in [-0.05, 0) is 37.4 Å². The summed E-state index contributed by atoms with van der Waals surface area (Å²) < 4.78 is 5.83. The van der Waals surface area contributed by atoms with E-state index < -0.39 is 0 Å². The third-order valence-electron chi connectivity index (χ3n) is 3.61. The molecule has 0 unspecified atom stereocenters. The number of anilines is 1. The minimum absolute atomic E-state index is 0.366. The summed E-state index contributed by atoms with van der Waals surface area (Å²) in [4.78, 5) is 4.33. The van der Waals surface area contributed by atoms with Gasteiger partial charge in [0.25, 0.3) is 0 Å². The number of benzene rings is 1. The normalized spacial score (nSPS) is 14.4. The van der Waals surface area contributed by atoms with Crippen LogP contribution in [0.25, 0.3) is 0 Å². The first-order valence-corrected chi connectivity index (χ1v) is 7.51. The van der Waals surface area contributed by atoms with Gasteiger partial charge in [-0.25, -0.2) is 0 Å². The quantitative estimate of drug-likeness (QED) is 0.836. The Balaban J connectivity index is 1.92. The van der Waals surface area contributed by atoms with E-state index in [1.54, 1.807) is 6.08 Å². The van der Waals surface area contributed by atoms with Gasteiger partial charge in [-0.2, -0.15) is 0 Å². The molecule has 2 rings (SSSR count). The van der Waals surface area contributed by atoms with Gasteiger partial charge in [-0.15, -0.1) is 0 Å². The van der Waals surface area contributed by atoms with E-state index in [9.17, 15) is 5.11 Å². The molecule has 0 saturated heterocycles. The topological polar surface area (TPSA) is 35.9 Å². The number of rotatable bonds is 7. The van der Waals surface area contributed by atoms with Crippen LogP contribution in [0, 0.1) is 0 Å². The summed E-state index contributed by atoms with van der Waals surface area (Å²) in [7, 11) is 0. The second kappa shape index (κ2) is 7.74. The molecule has 0 spiro atoms. The van der Waals surface area contributed by atoms with Crippen LogP contribution < -0.4 is 9.64 Å². The summed E-state index contributed by atoms with van der Waals surface area (Å²) in [5.74, 6) is 1.23. The lowest BCUT2D eigenvalue weighted by Crippen LogP contribution is -2.28. The molecule has 0 radical (unpaired) electrons. The maximum atomic E-state index is 9.60. The van der Waals surface area contributed by atoms with Crippen molar-refractivity contribution >= 4 is 5.69 Å². The number of ether oxygens (including phenoxy) is 1. The zero-order valence-electron chi connectivity index (χ0n) is 12.8. The van der Waals surface area contributed by atoms with Crippen molar-refractivity contribution in [3.8, 4) is 5.75 Å². The van der Waals surface area contributed by atoms with Crippen molar-refractivity contribution in [1.29, 1.82) is 0 Å². The molecule has 1 aliphatic rings. The Labute approximate surface area is 126 Å². The Morgan fingerprint density at radius 2 is 2.10 bits per heavy atom. The van der Waals surface area contributed by atoms with Crippen LogP contribution in [0.5, 0.6) is 5.75 Å². The molecule has 0 aromatic heterocycles. The van der Waals surface area contributed by atoms with Crippen molar-refractivity contribution in [3.05, 3.63) is 48.4 Å². The predicted octanol–water partition coefficient (Wildman–Crippen LogP) is 3.18. The third-order valence-corrected chi connectivity index (χ3v) is 3.61. The molecule has 1 N–H and O–H groups in total. The average molecular weight is 288 g/mol. The first-order chi connectivity index (χ1) is 10.2. The van der Waals surface area contributed by atoms with Gasteiger partial charge >= 0.3 is 0 Å². The maximum absolute atomic E-state index is 9.60. The highest BCUT2D eigenvalue weighted by atomic mass is 16.5. The molecule has 0 bridgehead atoms. The second-order valence-corrected chi connectivity index (χ2v) is 5.00. The Morgan fingerprint density at radius 1 is 1.29 bits per heavy atom. The number of hydrogen-bond donors (Lipinski definition) is 1. The van der Waals surface area contributed by atoms with Crippen LogP contribution in [-0.4, -0.2) is 42.8 Å². The van der Waals surface area contributed by atoms with Crippen LogP contribution in [0.3, 0.4) is 0 Å². The average Bonchev–Trinajstić information content (AvgIpc) is 2.52. The van der Waals surface area contributed by atoms with Gasteiger partial charge in [-0.3, -0.25) is 0 Å². The number of hydrogen-bond acceptors (Lipinski definition) is 4. The van der Waals surface area contributed by atoms with Gasteiger partial charge in [0.1, 0.15) is 18.1 Å². The molecule has 0 fully saturated rings. The molecule has 0 saturated carbocycles. The molecule has 1 aliphatic heterocycles. The highest BCUT2D eigenvalue weighted by Gasteiger charge is 2.09. The molecule has 1 heterocycles. The van der Waals surface area contributed by atoms with Crippen molar-refractivity contribution in [3.63, 3.8) is 0 Å². The van der Waals surface area contributed by atoms with E-state index in [1.165, 1.54) is 0 Å². The van der Waals surface area contributed by atoms with Crippen LogP contribution in [0.1, 0.15) is 13.8 Å². The number of aliphatic hydroxyl groups excluding tert-OH is 1. The summed E-state index contributed by atoms with van der Waals surface area (Å²) in [5, 5.41) is 9.60. The highest BCUT2D eigenvalue weighted by Crippen LogP contribution is 2.23. The molecule has 0 aliphatic carbocycles. The molecule has 0 atom stereocenters. The van der Waals surface area contributed by atoms with Crippen molar-refractivity contribution in [2.45, 2.75) is 13.8 Å². The van der Waals surface area contributed by atoms with Gasteiger partial charge in [0.2, 0.25) is 0 Å². The lowest BCUT2D eigenvalue weighted by atomic mass is 10.2. The van der Waals surface area contributed by atoms with E-state index in [-0.39, 0.29) is 0 Å². The highest BCUT2D eigenvalue weighted by molar-refractivity contribution is 5.55. The molecule has 4 heteroatoms. The molecule has 21 heavy (non-hydrogen) atoms. The summed E-state index contributed by atoms with van der Waals surface area (Å²) in [6, 6.07) is 7.96. The van der Waals surface area contributed by atoms with Crippen molar-refractivity contribution in [1.82, 2.24) is 4.90 Å². The Bertz CT molecular complexity index is 507. The molecule has 1 aromatic carbocycles. The van der Waals surface area contributed by atoms with Gasteiger partial charge in [0.15, 0.2) is 0 Å². The molecular weight excluding hydrogens is 264 g/mol. The van der Waals surface area contributed by atoms with Crippen molar-refractivity contribution < 1.29 is 9.84 Å². The predicted molar refractivity (Wildman–Crippen MR) is 86.9 cm³/mol. The molecule has 0 amide bonds. The summed E-state index contributed by atoms with van der Waals surface area (Å²) in [6.07, 6.45) is 5.50. The van der Waals surface area contributed by atoms with Crippen molar-refractivity contribution in [2.75, 3.05) is 37.7 Å². The zero-order valence-corrected chi connectivity index (χ0v) is 12.8. The van der Waals surface area contributed by atoms with Gasteiger partial charge in [0, 0.05) is 24.5 Å². The third kappa shape index (κ3) is 4.53. The summed E-state index contributed by atoms with van der Waals surface area (Å²) in [6.45, 7) is 8.53. The lowest BCUT2D eigenvalue weighted by Gasteiger charge is -2.23. The van der Waals surface area contributed by atoms with Crippen LogP contribution in [-0.2, 0) is 0 Å². The maximum Gasteiger partial charge on any atom is 0.121 e. The van der Waals surface area contributed by atoms with E-state index in [0.717, 1.165) is 31.1 Å². The fraction of sp³-hybridized carbons (Fsp3) is 0.412. The summed E-state index contributed by atoms with van der Waals surface area (Å²) in [5.41, 5.74) is 1.02. The minimum Gasteiger partial charge on any atom is -0.510 e. The number of nitrogens with zero attached hydrogens (tertiary/aromatic N) is 2.